The predicted octanol–water partition coefficient (Wildman–Crippen LogP) is 4.51. The molecule has 208 valence electrons. The molecular formula is C27H30F3N5O4. The van der Waals surface area contributed by atoms with Crippen LogP contribution in [0.4, 0.5) is 23.7 Å². The summed E-state index contributed by atoms with van der Waals surface area (Å²) < 4.78 is 51.4. The molecule has 4 rings (SSSR count). The highest BCUT2D eigenvalue weighted by Crippen LogP contribution is 2.33. The molecule has 2 heterocycles. The summed E-state index contributed by atoms with van der Waals surface area (Å²) in [4.78, 5) is 28.5. The van der Waals surface area contributed by atoms with Crippen LogP contribution in [0.15, 0.2) is 54.7 Å². The van der Waals surface area contributed by atoms with E-state index in [4.69, 9.17) is 9.47 Å². The lowest BCUT2D eigenvalue weighted by Crippen LogP contribution is -2.49. The van der Waals surface area contributed by atoms with Gasteiger partial charge in [-0.05, 0) is 55.5 Å². The molecule has 2 amide bonds. The number of alkyl halides is 3. The van der Waals surface area contributed by atoms with E-state index in [9.17, 15) is 22.8 Å². The predicted molar refractivity (Wildman–Crippen MR) is 139 cm³/mol. The van der Waals surface area contributed by atoms with Crippen LogP contribution in [0.2, 0.25) is 0 Å². The van der Waals surface area contributed by atoms with Crippen LogP contribution in [0.3, 0.4) is 0 Å². The number of benzene rings is 2. The first-order valence-electron chi connectivity index (χ1n) is 12.5. The van der Waals surface area contributed by atoms with E-state index in [0.717, 1.165) is 30.0 Å². The van der Waals surface area contributed by atoms with Crippen LogP contribution in [0.5, 0.6) is 5.75 Å². The number of aromatic nitrogens is 2. The maximum Gasteiger partial charge on any atom is 0.416 e. The first-order valence-corrected chi connectivity index (χ1v) is 12.5. The summed E-state index contributed by atoms with van der Waals surface area (Å²) in [6, 6.07) is 11.0. The average molecular weight is 546 g/mol. The van der Waals surface area contributed by atoms with Gasteiger partial charge in [-0.25, -0.2) is 4.79 Å². The average Bonchev–Trinajstić information content (AvgIpc) is 3.35. The number of hydrogen-bond donors (Lipinski definition) is 1. The van der Waals surface area contributed by atoms with Crippen LogP contribution < -0.4 is 10.1 Å². The van der Waals surface area contributed by atoms with E-state index in [0.29, 0.717) is 62.9 Å². The van der Waals surface area contributed by atoms with Crippen molar-refractivity contribution in [2.75, 3.05) is 51.3 Å². The first kappa shape index (κ1) is 28.0. The van der Waals surface area contributed by atoms with Gasteiger partial charge in [-0.2, -0.15) is 18.3 Å². The van der Waals surface area contributed by atoms with Crippen LogP contribution in [0, 0.1) is 0 Å². The molecule has 0 atom stereocenters. The van der Waals surface area contributed by atoms with Crippen molar-refractivity contribution in [3.8, 4) is 17.0 Å². The SMILES string of the molecule is CCOC(=O)N1CCN(CCOc2ccc(NC(=O)c3ccc(C(F)(F)F)cc3)cc2-c2ccnn2C)CC1. The van der Waals surface area contributed by atoms with E-state index in [1.807, 2.05) is 6.07 Å². The molecule has 0 radical (unpaired) electrons. The first-order chi connectivity index (χ1) is 18.7. The number of ether oxygens (including phenoxy) is 2. The minimum Gasteiger partial charge on any atom is -0.492 e. The lowest BCUT2D eigenvalue weighted by Gasteiger charge is -2.33. The molecule has 1 N–H and O–H groups in total. The van der Waals surface area contributed by atoms with E-state index >= 15 is 0 Å². The minimum atomic E-state index is -4.47. The summed E-state index contributed by atoms with van der Waals surface area (Å²) in [5, 5.41) is 6.96. The Bertz CT molecular complexity index is 1290. The molecule has 39 heavy (non-hydrogen) atoms. The fraction of sp³-hybridized carbons (Fsp3) is 0.370. The second kappa shape index (κ2) is 12.2. The molecule has 1 aliphatic heterocycles. The molecule has 1 saturated heterocycles. The summed E-state index contributed by atoms with van der Waals surface area (Å²) in [6.07, 6.45) is -3.12. The molecule has 0 spiro atoms. The van der Waals surface area contributed by atoms with Gasteiger partial charge in [0, 0.05) is 62.8 Å². The second-order valence-electron chi connectivity index (χ2n) is 8.96. The number of rotatable bonds is 8. The van der Waals surface area contributed by atoms with E-state index in [1.54, 1.807) is 47.9 Å². The molecule has 3 aromatic rings. The zero-order valence-corrected chi connectivity index (χ0v) is 21.7. The lowest BCUT2D eigenvalue weighted by molar-refractivity contribution is -0.137. The maximum absolute atomic E-state index is 12.8. The van der Waals surface area contributed by atoms with Crippen LogP contribution in [0.1, 0.15) is 22.8 Å². The van der Waals surface area contributed by atoms with Gasteiger partial charge in [0.25, 0.3) is 5.91 Å². The summed E-state index contributed by atoms with van der Waals surface area (Å²) in [5.41, 5.74) is 1.21. The quantitative estimate of drug-likeness (QED) is 0.448. The molecule has 0 bridgehead atoms. The van der Waals surface area contributed by atoms with Crippen LogP contribution in [-0.4, -0.2) is 77.5 Å². The lowest BCUT2D eigenvalue weighted by atomic mass is 10.1. The summed E-state index contributed by atoms with van der Waals surface area (Å²) >= 11 is 0. The van der Waals surface area contributed by atoms with E-state index in [1.165, 1.54) is 0 Å². The Morgan fingerprint density at radius 3 is 2.36 bits per heavy atom. The van der Waals surface area contributed by atoms with Crippen molar-refractivity contribution < 1.29 is 32.2 Å². The number of anilines is 1. The van der Waals surface area contributed by atoms with Gasteiger partial charge in [0.2, 0.25) is 0 Å². The van der Waals surface area contributed by atoms with E-state index in [2.05, 4.69) is 15.3 Å². The van der Waals surface area contributed by atoms with Gasteiger partial charge in [0.05, 0.1) is 17.9 Å². The zero-order valence-electron chi connectivity index (χ0n) is 21.7. The summed E-state index contributed by atoms with van der Waals surface area (Å²) in [6.45, 7) is 5.81. The number of piperazine rings is 1. The van der Waals surface area contributed by atoms with Crippen LogP contribution >= 0.6 is 0 Å². The number of nitrogens with zero attached hydrogens (tertiary/aromatic N) is 4. The minimum absolute atomic E-state index is 0.105. The third kappa shape index (κ3) is 7.08. The standard InChI is InChI=1S/C27H30F3N5O4/c1-3-38-26(37)35-14-12-34(13-15-35)16-17-39-24-9-8-21(18-22(24)23-10-11-31-33(23)2)32-25(36)19-4-6-20(7-5-19)27(28,29)30/h4-11,18H,3,12-17H2,1-2H3,(H,32,36). The molecule has 1 aliphatic rings. The maximum atomic E-state index is 12.8. The molecule has 12 heteroatoms. The van der Waals surface area contributed by atoms with Gasteiger partial charge in [0.15, 0.2) is 0 Å². The Morgan fingerprint density at radius 1 is 1.03 bits per heavy atom. The number of amides is 2. The van der Waals surface area contributed by atoms with Crippen molar-refractivity contribution in [1.82, 2.24) is 19.6 Å². The molecular weight excluding hydrogens is 515 g/mol. The topological polar surface area (TPSA) is 88.9 Å². The normalized spacial score (nSPS) is 14.2. The van der Waals surface area contributed by atoms with Crippen LogP contribution in [-0.2, 0) is 18.0 Å². The smallest absolute Gasteiger partial charge is 0.416 e. The van der Waals surface area contributed by atoms with E-state index < -0.39 is 17.6 Å². The third-order valence-corrected chi connectivity index (χ3v) is 6.37. The van der Waals surface area contributed by atoms with Crippen molar-refractivity contribution in [3.05, 3.63) is 65.9 Å². The molecule has 0 aliphatic carbocycles. The van der Waals surface area contributed by atoms with E-state index in [-0.39, 0.29) is 11.7 Å². The van der Waals surface area contributed by atoms with Crippen molar-refractivity contribution in [1.29, 1.82) is 0 Å². The zero-order chi connectivity index (χ0) is 28.0. The molecule has 1 aromatic heterocycles. The van der Waals surface area contributed by atoms with Crippen molar-refractivity contribution in [2.45, 2.75) is 13.1 Å². The molecule has 0 unspecified atom stereocenters. The van der Waals surface area contributed by atoms with Gasteiger partial charge in [0.1, 0.15) is 12.4 Å². The number of aryl methyl sites for hydroxylation is 1. The third-order valence-electron chi connectivity index (χ3n) is 6.37. The molecule has 0 saturated carbocycles. The number of nitrogens with one attached hydrogen (secondary N) is 1. The Hall–Kier alpha value is -4.06. The summed E-state index contributed by atoms with van der Waals surface area (Å²) in [5.74, 6) is 0.0617. The fourth-order valence-corrected chi connectivity index (χ4v) is 4.24. The highest BCUT2D eigenvalue weighted by atomic mass is 19.4. The fourth-order valence-electron chi connectivity index (χ4n) is 4.24. The Balaban J connectivity index is 1.41. The summed E-state index contributed by atoms with van der Waals surface area (Å²) in [7, 11) is 1.79. The van der Waals surface area contributed by atoms with Gasteiger partial charge >= 0.3 is 12.3 Å². The molecule has 9 nitrogen and oxygen atoms in total. The molecule has 2 aromatic carbocycles. The Morgan fingerprint density at radius 2 is 1.74 bits per heavy atom. The highest BCUT2D eigenvalue weighted by molar-refractivity contribution is 6.04. The van der Waals surface area contributed by atoms with Gasteiger partial charge < -0.3 is 19.7 Å². The van der Waals surface area contributed by atoms with Crippen molar-refractivity contribution in [2.24, 2.45) is 7.05 Å². The largest absolute Gasteiger partial charge is 0.492 e. The number of carbonyl (C=O) groups excluding carboxylic acids is 2. The highest BCUT2D eigenvalue weighted by Gasteiger charge is 2.30. The van der Waals surface area contributed by atoms with Gasteiger partial charge in [-0.15, -0.1) is 0 Å². The van der Waals surface area contributed by atoms with Gasteiger partial charge in [-0.3, -0.25) is 14.4 Å². The number of halogens is 3. The van der Waals surface area contributed by atoms with Crippen LogP contribution in [0.25, 0.3) is 11.3 Å². The molecule has 1 fully saturated rings. The second-order valence-corrected chi connectivity index (χ2v) is 8.96. The Labute approximate surface area is 224 Å². The number of hydrogen-bond acceptors (Lipinski definition) is 6. The number of carbonyl (C=O) groups is 2. The van der Waals surface area contributed by atoms with Crippen molar-refractivity contribution >= 4 is 17.7 Å². The monoisotopic (exact) mass is 545 g/mol. The van der Waals surface area contributed by atoms with Gasteiger partial charge in [-0.1, -0.05) is 0 Å². The Kier molecular flexibility index (Phi) is 8.75. The van der Waals surface area contributed by atoms with Crippen molar-refractivity contribution in [3.63, 3.8) is 0 Å².